The molecule has 4 heteroatoms. The lowest BCUT2D eigenvalue weighted by Gasteiger charge is -2.16. The molecule has 0 aliphatic rings. The minimum absolute atomic E-state index is 0.146. The van der Waals surface area contributed by atoms with E-state index in [1.54, 1.807) is 19.5 Å². The summed E-state index contributed by atoms with van der Waals surface area (Å²) in [6.07, 6.45) is 2.65. The first-order chi connectivity index (χ1) is 9.56. The zero-order valence-electron chi connectivity index (χ0n) is 12.0. The summed E-state index contributed by atoms with van der Waals surface area (Å²) < 4.78 is 10.7. The molecule has 0 aliphatic carbocycles. The SMILES string of the molecule is Cc1ccc(C)c(OC(C)C(=O)NCc2ccoc2)c1. The van der Waals surface area contributed by atoms with Crippen LogP contribution in [-0.2, 0) is 11.3 Å². The van der Waals surface area contributed by atoms with Crippen LogP contribution in [0.15, 0.2) is 41.2 Å². The molecule has 1 N–H and O–H groups in total. The van der Waals surface area contributed by atoms with Crippen molar-refractivity contribution < 1.29 is 13.9 Å². The zero-order valence-corrected chi connectivity index (χ0v) is 12.0. The molecule has 1 aromatic heterocycles. The zero-order chi connectivity index (χ0) is 14.5. The minimum Gasteiger partial charge on any atom is -0.481 e. The number of rotatable bonds is 5. The molecule has 0 radical (unpaired) electrons. The molecule has 0 saturated heterocycles. The van der Waals surface area contributed by atoms with Gasteiger partial charge in [-0.15, -0.1) is 0 Å². The van der Waals surface area contributed by atoms with Crippen LogP contribution in [0.1, 0.15) is 23.6 Å². The van der Waals surface area contributed by atoms with Gasteiger partial charge < -0.3 is 14.5 Å². The Kier molecular flexibility index (Phi) is 4.45. The van der Waals surface area contributed by atoms with Gasteiger partial charge in [0.15, 0.2) is 6.10 Å². The maximum atomic E-state index is 12.0. The quantitative estimate of drug-likeness (QED) is 0.911. The maximum Gasteiger partial charge on any atom is 0.261 e. The number of furan rings is 1. The van der Waals surface area contributed by atoms with Gasteiger partial charge in [0.2, 0.25) is 0 Å². The molecule has 20 heavy (non-hydrogen) atoms. The second-order valence-electron chi connectivity index (χ2n) is 4.88. The largest absolute Gasteiger partial charge is 0.481 e. The number of benzene rings is 1. The standard InChI is InChI=1S/C16H19NO3/c1-11-4-5-12(2)15(8-11)20-13(3)16(18)17-9-14-6-7-19-10-14/h4-8,10,13H,9H2,1-3H3,(H,17,18). The van der Waals surface area contributed by atoms with Crippen molar-refractivity contribution in [3.05, 3.63) is 53.5 Å². The summed E-state index contributed by atoms with van der Waals surface area (Å²) in [6, 6.07) is 7.76. The third-order valence-electron chi connectivity index (χ3n) is 3.06. The Balaban J connectivity index is 1.92. The van der Waals surface area contributed by atoms with E-state index in [2.05, 4.69) is 5.32 Å². The first-order valence-electron chi connectivity index (χ1n) is 6.59. The van der Waals surface area contributed by atoms with Gasteiger partial charge in [-0.05, 0) is 44.0 Å². The van der Waals surface area contributed by atoms with Crippen LogP contribution < -0.4 is 10.1 Å². The second kappa shape index (κ2) is 6.28. The van der Waals surface area contributed by atoms with Crippen LogP contribution in [-0.4, -0.2) is 12.0 Å². The molecular weight excluding hydrogens is 254 g/mol. The molecule has 1 atom stereocenters. The highest BCUT2D eigenvalue weighted by atomic mass is 16.5. The molecule has 0 aliphatic heterocycles. The van der Waals surface area contributed by atoms with Gasteiger partial charge in [-0.3, -0.25) is 4.79 Å². The molecule has 1 unspecified atom stereocenters. The Labute approximate surface area is 118 Å². The van der Waals surface area contributed by atoms with Gasteiger partial charge in [-0.25, -0.2) is 0 Å². The number of nitrogens with one attached hydrogen (secondary N) is 1. The van der Waals surface area contributed by atoms with E-state index in [0.717, 1.165) is 22.4 Å². The maximum absolute atomic E-state index is 12.0. The van der Waals surface area contributed by atoms with Gasteiger partial charge >= 0.3 is 0 Å². The lowest BCUT2D eigenvalue weighted by molar-refractivity contribution is -0.127. The van der Waals surface area contributed by atoms with Crippen LogP contribution in [0.2, 0.25) is 0 Å². The minimum atomic E-state index is -0.539. The van der Waals surface area contributed by atoms with Crippen LogP contribution in [0, 0.1) is 13.8 Å². The molecule has 0 fully saturated rings. The topological polar surface area (TPSA) is 51.5 Å². The first-order valence-corrected chi connectivity index (χ1v) is 6.59. The van der Waals surface area contributed by atoms with E-state index in [4.69, 9.17) is 9.15 Å². The third kappa shape index (κ3) is 3.63. The Morgan fingerprint density at radius 1 is 1.35 bits per heavy atom. The summed E-state index contributed by atoms with van der Waals surface area (Å²) in [5, 5.41) is 2.82. The van der Waals surface area contributed by atoms with Crippen molar-refractivity contribution >= 4 is 5.91 Å². The van der Waals surface area contributed by atoms with E-state index in [1.165, 1.54) is 0 Å². The van der Waals surface area contributed by atoms with Crippen molar-refractivity contribution in [1.29, 1.82) is 0 Å². The average Bonchev–Trinajstić information content (AvgIpc) is 2.93. The van der Waals surface area contributed by atoms with Gasteiger partial charge in [0, 0.05) is 12.1 Å². The molecule has 106 valence electrons. The monoisotopic (exact) mass is 273 g/mol. The number of aryl methyl sites for hydroxylation is 2. The Bertz CT molecular complexity index is 575. The summed E-state index contributed by atoms with van der Waals surface area (Å²) in [7, 11) is 0. The number of ether oxygens (including phenoxy) is 1. The number of amides is 1. The fourth-order valence-corrected chi connectivity index (χ4v) is 1.80. The van der Waals surface area contributed by atoms with Crippen LogP contribution in [0.3, 0.4) is 0 Å². The van der Waals surface area contributed by atoms with Crippen molar-refractivity contribution in [2.75, 3.05) is 0 Å². The number of hydrogen-bond acceptors (Lipinski definition) is 3. The van der Waals surface area contributed by atoms with Crippen LogP contribution in [0.25, 0.3) is 0 Å². The Hall–Kier alpha value is -2.23. The van der Waals surface area contributed by atoms with E-state index in [1.807, 2.05) is 38.1 Å². The molecule has 2 rings (SSSR count). The van der Waals surface area contributed by atoms with Gasteiger partial charge in [-0.1, -0.05) is 12.1 Å². The highest BCUT2D eigenvalue weighted by molar-refractivity contribution is 5.80. The summed E-state index contributed by atoms with van der Waals surface area (Å²) in [4.78, 5) is 12.0. The predicted molar refractivity (Wildman–Crippen MR) is 76.6 cm³/mol. The van der Waals surface area contributed by atoms with E-state index in [-0.39, 0.29) is 5.91 Å². The molecule has 0 spiro atoms. The van der Waals surface area contributed by atoms with Crippen molar-refractivity contribution in [2.45, 2.75) is 33.4 Å². The summed E-state index contributed by atoms with van der Waals surface area (Å²) in [5.41, 5.74) is 3.05. The molecule has 4 nitrogen and oxygen atoms in total. The van der Waals surface area contributed by atoms with Gasteiger partial charge in [-0.2, -0.15) is 0 Å². The third-order valence-corrected chi connectivity index (χ3v) is 3.06. The van der Waals surface area contributed by atoms with Gasteiger partial charge in [0.1, 0.15) is 5.75 Å². The summed E-state index contributed by atoms with van der Waals surface area (Å²) in [5.74, 6) is 0.600. The lowest BCUT2D eigenvalue weighted by Crippen LogP contribution is -2.35. The smallest absolute Gasteiger partial charge is 0.261 e. The first kappa shape index (κ1) is 14.2. The summed E-state index contributed by atoms with van der Waals surface area (Å²) >= 11 is 0. The fraction of sp³-hybridized carbons (Fsp3) is 0.312. The second-order valence-corrected chi connectivity index (χ2v) is 4.88. The van der Waals surface area contributed by atoms with E-state index in [0.29, 0.717) is 6.54 Å². The average molecular weight is 273 g/mol. The van der Waals surface area contributed by atoms with Crippen molar-refractivity contribution in [3.8, 4) is 5.75 Å². The van der Waals surface area contributed by atoms with Gasteiger partial charge in [0.05, 0.1) is 12.5 Å². The molecule has 0 saturated carbocycles. The molecule has 1 heterocycles. The number of hydrogen-bond donors (Lipinski definition) is 1. The summed E-state index contributed by atoms with van der Waals surface area (Å²) in [6.45, 7) is 6.14. The fourth-order valence-electron chi connectivity index (χ4n) is 1.80. The molecule has 1 aromatic carbocycles. The molecule has 0 bridgehead atoms. The normalized spacial score (nSPS) is 11.9. The van der Waals surface area contributed by atoms with Crippen LogP contribution >= 0.6 is 0 Å². The van der Waals surface area contributed by atoms with Crippen molar-refractivity contribution in [3.63, 3.8) is 0 Å². The highest BCUT2D eigenvalue weighted by Gasteiger charge is 2.15. The molecular formula is C16H19NO3. The molecule has 1 amide bonds. The van der Waals surface area contributed by atoms with Crippen molar-refractivity contribution in [2.24, 2.45) is 0 Å². The lowest BCUT2D eigenvalue weighted by atomic mass is 10.1. The van der Waals surface area contributed by atoms with Crippen molar-refractivity contribution in [1.82, 2.24) is 5.32 Å². The number of carbonyl (C=O) groups excluding carboxylic acids is 1. The Morgan fingerprint density at radius 3 is 2.85 bits per heavy atom. The Morgan fingerprint density at radius 2 is 2.15 bits per heavy atom. The van der Waals surface area contributed by atoms with Gasteiger partial charge in [0.25, 0.3) is 5.91 Å². The molecule has 2 aromatic rings. The highest BCUT2D eigenvalue weighted by Crippen LogP contribution is 2.20. The number of carbonyl (C=O) groups is 1. The predicted octanol–water partition coefficient (Wildman–Crippen LogP) is 2.98. The van der Waals surface area contributed by atoms with E-state index >= 15 is 0 Å². The van der Waals surface area contributed by atoms with E-state index < -0.39 is 6.10 Å². The van der Waals surface area contributed by atoms with Crippen LogP contribution in [0.4, 0.5) is 0 Å². The van der Waals surface area contributed by atoms with E-state index in [9.17, 15) is 4.79 Å². The van der Waals surface area contributed by atoms with Crippen LogP contribution in [0.5, 0.6) is 5.75 Å².